The Morgan fingerprint density at radius 1 is 1.11 bits per heavy atom. The smallest absolute Gasteiger partial charge is 0.347 e. The zero-order valence-corrected chi connectivity index (χ0v) is 23.1. The van der Waals surface area contributed by atoms with Crippen LogP contribution in [0.5, 0.6) is 5.75 Å². The molecule has 2 atom stereocenters. The molecule has 1 saturated heterocycles. The molecule has 7 heteroatoms. The number of benzene rings is 2. The number of hydrogen-bond donors (Lipinski definition) is 1. The lowest BCUT2D eigenvalue weighted by molar-refractivity contribution is -0.152. The molecule has 196 valence electrons. The fourth-order valence-electron chi connectivity index (χ4n) is 4.84. The summed E-state index contributed by atoms with van der Waals surface area (Å²) in [6, 6.07) is 12.1. The van der Waals surface area contributed by atoms with Crippen LogP contribution in [0, 0.1) is 25.7 Å². The first kappa shape index (κ1) is 28.2. The van der Waals surface area contributed by atoms with Crippen LogP contribution in [-0.4, -0.2) is 60.0 Å². The van der Waals surface area contributed by atoms with E-state index in [4.69, 9.17) is 9.47 Å². The number of carbonyl (C=O) groups is 2. The van der Waals surface area contributed by atoms with Gasteiger partial charge in [0.05, 0.1) is 6.73 Å². The predicted octanol–water partition coefficient (Wildman–Crippen LogP) is 5.62. The lowest BCUT2D eigenvalue weighted by Crippen LogP contribution is -2.38. The summed E-state index contributed by atoms with van der Waals surface area (Å²) in [5.74, 6) is 0.00439. The molecule has 0 spiro atoms. The number of carbonyl (C=O) groups excluding carboxylic acids is 1. The first-order valence-corrected chi connectivity index (χ1v) is 13.8. The Bertz CT molecular complexity index is 1040. The van der Waals surface area contributed by atoms with E-state index in [-0.39, 0.29) is 17.6 Å². The highest BCUT2D eigenvalue weighted by Gasteiger charge is 2.37. The number of thioether (sulfide) groups is 1. The molecule has 1 N–H and O–H groups in total. The number of nitrogens with zero attached hydrogens (tertiary/aromatic N) is 1. The minimum Gasteiger partial charge on any atom is -0.478 e. The van der Waals surface area contributed by atoms with Crippen molar-refractivity contribution in [1.29, 1.82) is 0 Å². The number of aliphatic carboxylic acids is 1. The Labute approximate surface area is 219 Å². The molecule has 0 saturated carbocycles. The molecule has 2 aromatic carbocycles. The van der Waals surface area contributed by atoms with E-state index in [1.165, 1.54) is 5.56 Å². The average Bonchev–Trinajstić information content (AvgIpc) is 3.26. The summed E-state index contributed by atoms with van der Waals surface area (Å²) in [6.07, 6.45) is 3.76. The predicted molar refractivity (Wildman–Crippen MR) is 144 cm³/mol. The van der Waals surface area contributed by atoms with Gasteiger partial charge in [-0.2, -0.15) is 0 Å². The van der Waals surface area contributed by atoms with Gasteiger partial charge in [0.15, 0.2) is 11.4 Å². The number of aryl methyl sites for hydroxylation is 3. The van der Waals surface area contributed by atoms with Crippen molar-refractivity contribution in [3.8, 4) is 5.75 Å². The van der Waals surface area contributed by atoms with Gasteiger partial charge in [-0.1, -0.05) is 24.3 Å². The molecule has 1 aliphatic rings. The van der Waals surface area contributed by atoms with Crippen molar-refractivity contribution in [2.75, 3.05) is 32.7 Å². The van der Waals surface area contributed by atoms with Gasteiger partial charge in [-0.15, -0.1) is 11.8 Å². The Hall–Kier alpha value is -2.35. The van der Waals surface area contributed by atoms with Crippen LogP contribution < -0.4 is 4.74 Å². The molecule has 0 radical (unpaired) electrons. The Balaban J connectivity index is 1.74. The number of rotatable bonds is 12. The van der Waals surface area contributed by atoms with Gasteiger partial charge in [-0.05, 0) is 88.5 Å². The van der Waals surface area contributed by atoms with Crippen molar-refractivity contribution in [2.45, 2.75) is 58.0 Å². The maximum Gasteiger partial charge on any atom is 0.347 e. The summed E-state index contributed by atoms with van der Waals surface area (Å²) in [5, 5.41) is 9.43. The van der Waals surface area contributed by atoms with Gasteiger partial charge in [0, 0.05) is 36.1 Å². The third-order valence-electron chi connectivity index (χ3n) is 6.90. The number of likely N-dealkylation sites (tertiary alicyclic amines) is 1. The summed E-state index contributed by atoms with van der Waals surface area (Å²) >= 11 is 1.67. The van der Waals surface area contributed by atoms with E-state index in [2.05, 4.69) is 17.0 Å². The molecule has 1 fully saturated rings. The fraction of sp³-hybridized carbons (Fsp3) is 0.517. The van der Waals surface area contributed by atoms with Gasteiger partial charge in [0.2, 0.25) is 0 Å². The van der Waals surface area contributed by atoms with Crippen LogP contribution in [0.15, 0.2) is 41.3 Å². The number of Topliss-reactive ketones (excluding diaryl/α,β-unsaturated/α-hetero) is 1. The van der Waals surface area contributed by atoms with Crippen molar-refractivity contribution in [3.05, 3.63) is 58.7 Å². The Morgan fingerprint density at radius 2 is 1.75 bits per heavy atom. The van der Waals surface area contributed by atoms with E-state index < -0.39 is 11.6 Å². The normalized spacial score (nSPS) is 18.4. The van der Waals surface area contributed by atoms with Crippen LogP contribution in [0.25, 0.3) is 0 Å². The van der Waals surface area contributed by atoms with Crippen molar-refractivity contribution in [3.63, 3.8) is 0 Å². The van der Waals surface area contributed by atoms with E-state index in [9.17, 15) is 14.7 Å². The van der Waals surface area contributed by atoms with Gasteiger partial charge in [0.1, 0.15) is 5.75 Å². The minimum absolute atomic E-state index is 0.0632. The zero-order valence-electron chi connectivity index (χ0n) is 22.3. The quantitative estimate of drug-likeness (QED) is 0.291. The van der Waals surface area contributed by atoms with Crippen molar-refractivity contribution in [1.82, 2.24) is 4.90 Å². The first-order valence-electron chi connectivity index (χ1n) is 12.6. The highest BCUT2D eigenvalue weighted by Crippen LogP contribution is 2.33. The van der Waals surface area contributed by atoms with Crippen LogP contribution in [-0.2, 0) is 16.0 Å². The lowest BCUT2D eigenvalue weighted by Gasteiger charge is -2.25. The van der Waals surface area contributed by atoms with Crippen LogP contribution in [0.2, 0.25) is 0 Å². The molecule has 2 aromatic rings. The summed E-state index contributed by atoms with van der Waals surface area (Å²) < 4.78 is 11.5. The second-order valence-electron chi connectivity index (χ2n) is 10.1. The molecule has 0 bridgehead atoms. The van der Waals surface area contributed by atoms with E-state index >= 15 is 0 Å². The van der Waals surface area contributed by atoms with Crippen molar-refractivity contribution >= 4 is 23.5 Å². The molecular weight excluding hydrogens is 474 g/mol. The van der Waals surface area contributed by atoms with Gasteiger partial charge in [-0.25, -0.2) is 4.79 Å². The van der Waals surface area contributed by atoms with E-state index in [0.29, 0.717) is 25.6 Å². The zero-order chi connectivity index (χ0) is 26.5. The summed E-state index contributed by atoms with van der Waals surface area (Å²) in [5.41, 5.74) is 2.49. The van der Waals surface area contributed by atoms with Gasteiger partial charge < -0.3 is 14.6 Å². The number of hydrogen-bond acceptors (Lipinski definition) is 6. The molecule has 1 heterocycles. The molecular formula is C29H39NO5S. The third-order valence-corrected chi connectivity index (χ3v) is 7.65. The van der Waals surface area contributed by atoms with E-state index in [1.807, 2.05) is 51.3 Å². The number of ketones is 1. The topological polar surface area (TPSA) is 76.1 Å². The van der Waals surface area contributed by atoms with Crippen LogP contribution in [0.4, 0.5) is 0 Å². The summed E-state index contributed by atoms with van der Waals surface area (Å²) in [4.78, 5) is 28.4. The fourth-order valence-corrected chi connectivity index (χ4v) is 5.25. The highest BCUT2D eigenvalue weighted by atomic mass is 32.2. The molecule has 0 unspecified atom stereocenters. The first-order chi connectivity index (χ1) is 17.1. The van der Waals surface area contributed by atoms with Crippen LogP contribution >= 0.6 is 11.8 Å². The van der Waals surface area contributed by atoms with Gasteiger partial charge in [0.25, 0.3) is 0 Å². The highest BCUT2D eigenvalue weighted by molar-refractivity contribution is 7.98. The summed E-state index contributed by atoms with van der Waals surface area (Å²) in [7, 11) is 0. The number of carboxylic acids is 1. The van der Waals surface area contributed by atoms with Crippen molar-refractivity contribution < 1.29 is 24.2 Å². The Kier molecular flexibility index (Phi) is 9.61. The van der Waals surface area contributed by atoms with Crippen LogP contribution in [0.1, 0.15) is 54.2 Å². The average molecular weight is 514 g/mol. The van der Waals surface area contributed by atoms with Gasteiger partial charge >= 0.3 is 5.97 Å². The van der Waals surface area contributed by atoms with Crippen LogP contribution in [0.3, 0.4) is 0 Å². The second kappa shape index (κ2) is 12.3. The number of ether oxygens (including phenoxy) is 2. The largest absolute Gasteiger partial charge is 0.478 e. The van der Waals surface area contributed by atoms with E-state index in [1.54, 1.807) is 25.6 Å². The SMILES string of the molecule is CCOCN1C[C@H](CCc2cc(C)c(OC(C)(C)C(=O)O)c(C)c2)[C@@H](C(=O)c2ccc(SC)cc2)C1. The molecule has 6 nitrogen and oxygen atoms in total. The molecule has 0 aliphatic carbocycles. The van der Waals surface area contributed by atoms with E-state index in [0.717, 1.165) is 41.0 Å². The summed E-state index contributed by atoms with van der Waals surface area (Å²) in [6.45, 7) is 11.8. The Morgan fingerprint density at radius 3 is 2.31 bits per heavy atom. The molecule has 1 aliphatic heterocycles. The monoisotopic (exact) mass is 513 g/mol. The maximum atomic E-state index is 13.5. The third kappa shape index (κ3) is 6.90. The van der Waals surface area contributed by atoms with Crippen molar-refractivity contribution in [2.24, 2.45) is 11.8 Å². The van der Waals surface area contributed by atoms with Gasteiger partial charge in [-0.3, -0.25) is 9.69 Å². The number of carboxylic acid groups (broad SMARTS) is 1. The lowest BCUT2D eigenvalue weighted by atomic mass is 9.84. The molecule has 3 rings (SSSR count). The maximum absolute atomic E-state index is 13.5. The molecule has 36 heavy (non-hydrogen) atoms. The minimum atomic E-state index is -1.30. The molecule has 0 amide bonds. The molecule has 0 aromatic heterocycles. The second-order valence-corrected chi connectivity index (χ2v) is 11.0. The standard InChI is InChI=1S/C29H39NO5S/c1-7-34-18-30-16-23(25(17-30)26(31)22-10-12-24(36-6)13-11-22)9-8-21-14-19(2)27(20(3)15-21)35-29(4,5)28(32)33/h10-15,23,25H,7-9,16-18H2,1-6H3,(H,32,33)/t23-,25-/m0/s1.